The number of carbonyl (C=O) groups excluding carboxylic acids is 2. The van der Waals surface area contributed by atoms with Gasteiger partial charge in [-0.25, -0.2) is 0 Å². The normalized spacial score (nSPS) is 18.8. The van der Waals surface area contributed by atoms with Gasteiger partial charge < -0.3 is 19.2 Å². The van der Waals surface area contributed by atoms with Crippen LogP contribution < -0.4 is 5.32 Å². The molecule has 0 unspecified atom stereocenters. The first-order valence-electron chi connectivity index (χ1n) is 9.25. The van der Waals surface area contributed by atoms with Gasteiger partial charge in [0, 0.05) is 24.1 Å². The van der Waals surface area contributed by atoms with E-state index in [1.807, 2.05) is 0 Å². The van der Waals surface area contributed by atoms with Gasteiger partial charge in [-0.05, 0) is 55.4 Å². The third-order valence-corrected chi connectivity index (χ3v) is 5.12. The highest BCUT2D eigenvalue weighted by Crippen LogP contribution is 2.30. The number of ether oxygens (including phenoxy) is 2. The van der Waals surface area contributed by atoms with Crippen molar-refractivity contribution in [2.24, 2.45) is 0 Å². The summed E-state index contributed by atoms with van der Waals surface area (Å²) in [7, 11) is 0. The van der Waals surface area contributed by atoms with Crippen molar-refractivity contribution in [3.05, 3.63) is 35.1 Å². The molecule has 2 aliphatic rings. The molecule has 0 spiro atoms. The highest BCUT2D eigenvalue weighted by molar-refractivity contribution is 5.88. The molecule has 1 saturated heterocycles. The molecule has 0 saturated carbocycles. The van der Waals surface area contributed by atoms with Crippen LogP contribution in [0.25, 0.3) is 11.0 Å². The van der Waals surface area contributed by atoms with E-state index in [-0.39, 0.29) is 25.0 Å². The van der Waals surface area contributed by atoms with Gasteiger partial charge in [-0.15, -0.1) is 0 Å². The Morgan fingerprint density at radius 2 is 2.04 bits per heavy atom. The largest absolute Gasteiger partial charge is 0.464 e. The molecule has 1 N–H and O–H groups in total. The molecule has 1 amide bonds. The maximum atomic E-state index is 12.1. The summed E-state index contributed by atoms with van der Waals surface area (Å²) in [5, 5.41) is 3.70. The molecule has 0 radical (unpaired) electrons. The molecule has 1 aliphatic carbocycles. The van der Waals surface area contributed by atoms with Crippen LogP contribution in [0.4, 0.5) is 0 Å². The van der Waals surface area contributed by atoms with E-state index >= 15 is 0 Å². The second kappa shape index (κ2) is 7.50. The highest BCUT2D eigenvalue weighted by Gasteiger charge is 2.19. The van der Waals surface area contributed by atoms with Gasteiger partial charge in [0.05, 0.1) is 18.8 Å². The van der Waals surface area contributed by atoms with Crippen molar-refractivity contribution in [3.8, 4) is 0 Å². The van der Waals surface area contributed by atoms with Crippen molar-refractivity contribution in [2.45, 2.75) is 44.6 Å². The molecule has 138 valence electrons. The number of fused-ring (bicyclic) bond motifs is 2. The summed E-state index contributed by atoms with van der Waals surface area (Å²) in [5.41, 5.74) is 4.29. The number of esters is 1. The molecule has 0 bridgehead atoms. The minimum atomic E-state index is -0.430. The Hall–Kier alpha value is -2.34. The summed E-state index contributed by atoms with van der Waals surface area (Å²) < 4.78 is 16.1. The lowest BCUT2D eigenvalue weighted by Gasteiger charge is -2.10. The molecule has 6 nitrogen and oxygen atoms in total. The van der Waals surface area contributed by atoms with Gasteiger partial charge in [0.15, 0.2) is 6.61 Å². The summed E-state index contributed by atoms with van der Waals surface area (Å²) in [6.07, 6.45) is 7.10. The van der Waals surface area contributed by atoms with Gasteiger partial charge in [-0.2, -0.15) is 0 Å². The number of nitrogens with one attached hydrogen (secondary N) is 1. The van der Waals surface area contributed by atoms with Crippen LogP contribution >= 0.6 is 0 Å². The maximum Gasteiger partial charge on any atom is 0.310 e. The Labute approximate surface area is 151 Å². The predicted molar refractivity (Wildman–Crippen MR) is 94.9 cm³/mol. The van der Waals surface area contributed by atoms with Gasteiger partial charge in [-0.1, -0.05) is 0 Å². The molecule has 26 heavy (non-hydrogen) atoms. The number of rotatable bonds is 6. The topological polar surface area (TPSA) is 77.8 Å². The Balaban J connectivity index is 1.29. The summed E-state index contributed by atoms with van der Waals surface area (Å²) in [6, 6.07) is 4.20. The van der Waals surface area contributed by atoms with E-state index in [4.69, 9.17) is 13.9 Å². The average molecular weight is 357 g/mol. The zero-order valence-corrected chi connectivity index (χ0v) is 14.7. The van der Waals surface area contributed by atoms with Crippen molar-refractivity contribution < 1.29 is 23.5 Å². The summed E-state index contributed by atoms with van der Waals surface area (Å²) in [6.45, 7) is 0.946. The zero-order valence-electron chi connectivity index (χ0n) is 14.7. The van der Waals surface area contributed by atoms with Crippen LogP contribution in [0.1, 0.15) is 36.0 Å². The predicted octanol–water partition coefficient (Wildman–Crippen LogP) is 2.30. The van der Waals surface area contributed by atoms with E-state index in [2.05, 4.69) is 17.4 Å². The highest BCUT2D eigenvalue weighted by atomic mass is 16.5. The molecule has 6 heteroatoms. The van der Waals surface area contributed by atoms with E-state index in [9.17, 15) is 9.59 Å². The van der Waals surface area contributed by atoms with E-state index in [0.717, 1.165) is 48.8 Å². The molecule has 2 heterocycles. The van der Waals surface area contributed by atoms with Gasteiger partial charge in [0.2, 0.25) is 0 Å². The first-order valence-corrected chi connectivity index (χ1v) is 9.25. The van der Waals surface area contributed by atoms with Crippen LogP contribution in [-0.2, 0) is 38.3 Å². The van der Waals surface area contributed by atoms with Gasteiger partial charge in [0.1, 0.15) is 5.58 Å². The van der Waals surface area contributed by atoms with E-state index < -0.39 is 5.97 Å². The summed E-state index contributed by atoms with van der Waals surface area (Å²) >= 11 is 0. The second-order valence-corrected chi connectivity index (χ2v) is 7.01. The number of furan rings is 1. The standard InChI is InChI=1S/C20H23NO5/c22-19(21-10-16-5-2-6-24-16)12-26-20(23)9-15-11-25-18-8-14-4-1-3-13(14)7-17(15)18/h7-8,11,16H,1-6,9-10,12H2,(H,21,22)/t16-/m1/s1. The quantitative estimate of drug-likeness (QED) is 0.803. The van der Waals surface area contributed by atoms with E-state index in [0.29, 0.717) is 6.54 Å². The fraction of sp³-hybridized carbons (Fsp3) is 0.500. The number of amides is 1. The molecule has 1 aliphatic heterocycles. The molecular weight excluding hydrogens is 334 g/mol. The van der Waals surface area contributed by atoms with Crippen LogP contribution in [0.3, 0.4) is 0 Å². The van der Waals surface area contributed by atoms with Crippen molar-refractivity contribution in [1.29, 1.82) is 0 Å². The molecule has 1 atom stereocenters. The van der Waals surface area contributed by atoms with Crippen molar-refractivity contribution >= 4 is 22.8 Å². The number of hydrogen-bond acceptors (Lipinski definition) is 5. The van der Waals surface area contributed by atoms with E-state index in [1.54, 1.807) is 6.26 Å². The zero-order chi connectivity index (χ0) is 17.9. The van der Waals surface area contributed by atoms with Crippen LogP contribution in [0.15, 0.2) is 22.8 Å². The SMILES string of the molecule is O=C(COC(=O)Cc1coc2cc3c(cc12)CCC3)NC[C@H]1CCCO1. The molecule has 1 aromatic heterocycles. The average Bonchev–Trinajstić information content (AvgIpc) is 3.37. The first kappa shape index (κ1) is 17.1. The van der Waals surface area contributed by atoms with Crippen LogP contribution in [0.5, 0.6) is 0 Å². The molecule has 1 fully saturated rings. The fourth-order valence-electron chi connectivity index (χ4n) is 3.72. The Morgan fingerprint density at radius 1 is 1.19 bits per heavy atom. The third kappa shape index (κ3) is 3.75. The van der Waals surface area contributed by atoms with Gasteiger partial charge >= 0.3 is 5.97 Å². The Morgan fingerprint density at radius 3 is 2.85 bits per heavy atom. The van der Waals surface area contributed by atoms with Crippen LogP contribution in [0.2, 0.25) is 0 Å². The van der Waals surface area contributed by atoms with E-state index in [1.165, 1.54) is 17.5 Å². The number of aryl methyl sites for hydroxylation is 2. The molecule has 1 aromatic carbocycles. The second-order valence-electron chi connectivity index (χ2n) is 7.01. The fourth-order valence-corrected chi connectivity index (χ4v) is 3.72. The minimum Gasteiger partial charge on any atom is -0.464 e. The molecule has 2 aromatic rings. The van der Waals surface area contributed by atoms with Gasteiger partial charge in [-0.3, -0.25) is 9.59 Å². The number of hydrogen-bond donors (Lipinski definition) is 1. The smallest absolute Gasteiger partial charge is 0.310 e. The number of benzene rings is 1. The Kier molecular flexibility index (Phi) is 4.93. The Bertz CT molecular complexity index is 819. The van der Waals surface area contributed by atoms with Gasteiger partial charge in [0.25, 0.3) is 5.91 Å². The maximum absolute atomic E-state index is 12.1. The summed E-state index contributed by atoms with van der Waals surface area (Å²) in [4.78, 5) is 23.9. The van der Waals surface area contributed by atoms with Crippen LogP contribution in [-0.4, -0.2) is 37.7 Å². The van der Waals surface area contributed by atoms with Crippen molar-refractivity contribution in [1.82, 2.24) is 5.32 Å². The summed E-state index contributed by atoms with van der Waals surface area (Å²) in [5.74, 6) is -0.732. The lowest BCUT2D eigenvalue weighted by molar-refractivity contribution is -0.148. The van der Waals surface area contributed by atoms with Crippen molar-refractivity contribution in [3.63, 3.8) is 0 Å². The minimum absolute atomic E-state index is 0.0775. The lowest BCUT2D eigenvalue weighted by atomic mass is 10.0. The molecular formula is C20H23NO5. The first-order chi connectivity index (χ1) is 12.7. The number of carbonyl (C=O) groups is 2. The van der Waals surface area contributed by atoms with Crippen molar-refractivity contribution in [2.75, 3.05) is 19.8 Å². The lowest BCUT2D eigenvalue weighted by Crippen LogP contribution is -2.35. The van der Waals surface area contributed by atoms with Crippen LogP contribution in [0, 0.1) is 0 Å². The third-order valence-electron chi connectivity index (χ3n) is 5.12. The monoisotopic (exact) mass is 357 g/mol. The molecule has 4 rings (SSSR count).